The quantitative estimate of drug-likeness (QED) is 0.908. The number of halogens is 1. The Morgan fingerprint density at radius 1 is 1.44 bits per heavy atom. The lowest BCUT2D eigenvalue weighted by atomic mass is 10.2. The molecule has 0 atom stereocenters. The van der Waals surface area contributed by atoms with Crippen molar-refractivity contribution in [3.05, 3.63) is 51.0 Å². The summed E-state index contributed by atoms with van der Waals surface area (Å²) >= 11 is 3.46. The second-order valence-electron chi connectivity index (χ2n) is 3.56. The summed E-state index contributed by atoms with van der Waals surface area (Å²) in [5.41, 5.74) is 0.767. The fourth-order valence-electron chi connectivity index (χ4n) is 1.52. The van der Waals surface area contributed by atoms with E-state index in [4.69, 9.17) is 4.74 Å². The van der Waals surface area contributed by atoms with E-state index in [9.17, 15) is 4.79 Å². The molecule has 0 spiro atoms. The summed E-state index contributed by atoms with van der Waals surface area (Å²) in [6, 6.07) is 7.83. The van der Waals surface area contributed by atoms with Gasteiger partial charge in [-0.25, -0.2) is 4.98 Å². The number of aromatic nitrogens is 2. The molecular formula is C12H12BrN3O2. The summed E-state index contributed by atoms with van der Waals surface area (Å²) in [7, 11) is 1.44. The standard InChI is InChI=1S/C12H12BrN3O2/c1-18-10-11(15-7-16-12(10)17)14-6-8-4-2-3-5-9(8)13/h2-5,7H,6H2,1H3,(H2,14,15,16,17). The molecule has 5 nitrogen and oxygen atoms in total. The molecule has 0 bridgehead atoms. The average Bonchev–Trinajstić information content (AvgIpc) is 2.38. The van der Waals surface area contributed by atoms with Gasteiger partial charge in [0.05, 0.1) is 13.4 Å². The highest BCUT2D eigenvalue weighted by Gasteiger charge is 2.08. The first-order valence-corrected chi connectivity index (χ1v) is 6.10. The van der Waals surface area contributed by atoms with Crippen LogP contribution in [0.3, 0.4) is 0 Å². The van der Waals surface area contributed by atoms with Gasteiger partial charge in [0.1, 0.15) is 0 Å². The molecule has 1 aromatic carbocycles. The number of benzene rings is 1. The SMILES string of the molecule is COc1c(NCc2ccccc2Br)nc[nH]c1=O. The third-order valence-corrected chi connectivity index (χ3v) is 3.19. The van der Waals surface area contributed by atoms with Crippen molar-refractivity contribution in [1.29, 1.82) is 0 Å². The van der Waals surface area contributed by atoms with Crippen molar-refractivity contribution >= 4 is 21.7 Å². The first-order valence-electron chi connectivity index (χ1n) is 5.31. The van der Waals surface area contributed by atoms with Crippen molar-refractivity contribution in [2.24, 2.45) is 0 Å². The van der Waals surface area contributed by atoms with Crippen molar-refractivity contribution in [3.63, 3.8) is 0 Å². The zero-order valence-electron chi connectivity index (χ0n) is 9.74. The maximum atomic E-state index is 11.5. The molecule has 0 saturated carbocycles. The highest BCUT2D eigenvalue weighted by atomic mass is 79.9. The van der Waals surface area contributed by atoms with Gasteiger partial charge in [-0.1, -0.05) is 34.1 Å². The van der Waals surface area contributed by atoms with Crippen molar-refractivity contribution < 1.29 is 4.74 Å². The van der Waals surface area contributed by atoms with E-state index in [1.165, 1.54) is 13.4 Å². The fourth-order valence-corrected chi connectivity index (χ4v) is 1.95. The molecule has 0 aliphatic rings. The van der Waals surface area contributed by atoms with E-state index in [2.05, 4.69) is 31.2 Å². The van der Waals surface area contributed by atoms with Crippen LogP contribution >= 0.6 is 15.9 Å². The Morgan fingerprint density at radius 2 is 2.22 bits per heavy atom. The van der Waals surface area contributed by atoms with Gasteiger partial charge in [0.2, 0.25) is 5.75 Å². The second-order valence-corrected chi connectivity index (χ2v) is 4.41. The third-order valence-electron chi connectivity index (χ3n) is 2.42. The summed E-state index contributed by atoms with van der Waals surface area (Å²) in [5.74, 6) is 0.613. The van der Waals surface area contributed by atoms with Crippen LogP contribution in [0.25, 0.3) is 0 Å². The Kier molecular flexibility index (Phi) is 3.99. The van der Waals surface area contributed by atoms with Crippen LogP contribution in [0.15, 0.2) is 39.9 Å². The fraction of sp³-hybridized carbons (Fsp3) is 0.167. The van der Waals surface area contributed by atoms with Gasteiger partial charge in [0, 0.05) is 11.0 Å². The Morgan fingerprint density at radius 3 is 2.94 bits per heavy atom. The van der Waals surface area contributed by atoms with Gasteiger partial charge in [-0.3, -0.25) is 4.79 Å². The molecule has 6 heteroatoms. The minimum Gasteiger partial charge on any atom is -0.489 e. The van der Waals surface area contributed by atoms with E-state index >= 15 is 0 Å². The number of anilines is 1. The molecule has 0 aliphatic heterocycles. The molecule has 0 fully saturated rings. The van der Waals surface area contributed by atoms with Gasteiger partial charge in [-0.05, 0) is 11.6 Å². The van der Waals surface area contributed by atoms with Crippen molar-refractivity contribution in [1.82, 2.24) is 9.97 Å². The molecule has 94 valence electrons. The first kappa shape index (κ1) is 12.6. The van der Waals surface area contributed by atoms with E-state index < -0.39 is 0 Å². The van der Waals surface area contributed by atoms with Crippen LogP contribution in [-0.2, 0) is 6.54 Å². The normalized spacial score (nSPS) is 10.1. The minimum absolute atomic E-state index is 0.185. The van der Waals surface area contributed by atoms with Crippen LogP contribution in [0.4, 0.5) is 5.82 Å². The number of aromatic amines is 1. The monoisotopic (exact) mass is 309 g/mol. The molecule has 0 aliphatic carbocycles. The molecule has 0 amide bonds. The summed E-state index contributed by atoms with van der Waals surface area (Å²) in [4.78, 5) is 18.0. The van der Waals surface area contributed by atoms with Crippen molar-refractivity contribution in [2.75, 3.05) is 12.4 Å². The smallest absolute Gasteiger partial charge is 0.295 e. The molecular weight excluding hydrogens is 298 g/mol. The minimum atomic E-state index is -0.304. The van der Waals surface area contributed by atoms with E-state index in [0.717, 1.165) is 10.0 Å². The Balaban J connectivity index is 2.19. The number of H-pyrrole nitrogens is 1. The summed E-state index contributed by atoms with van der Waals surface area (Å²) in [6.45, 7) is 0.550. The van der Waals surface area contributed by atoms with Crippen LogP contribution in [0.5, 0.6) is 5.75 Å². The number of nitrogens with zero attached hydrogens (tertiary/aromatic N) is 1. The average molecular weight is 310 g/mol. The maximum absolute atomic E-state index is 11.5. The van der Waals surface area contributed by atoms with Crippen LogP contribution < -0.4 is 15.6 Å². The molecule has 18 heavy (non-hydrogen) atoms. The lowest BCUT2D eigenvalue weighted by molar-refractivity contribution is 0.408. The number of hydrogen-bond acceptors (Lipinski definition) is 4. The molecule has 2 N–H and O–H groups in total. The predicted octanol–water partition coefficient (Wildman–Crippen LogP) is 2.15. The maximum Gasteiger partial charge on any atom is 0.295 e. The number of rotatable bonds is 4. The van der Waals surface area contributed by atoms with E-state index in [1.54, 1.807) is 0 Å². The van der Waals surface area contributed by atoms with E-state index in [0.29, 0.717) is 12.4 Å². The molecule has 2 rings (SSSR count). The number of ether oxygens (including phenoxy) is 1. The lowest BCUT2D eigenvalue weighted by Gasteiger charge is -2.09. The van der Waals surface area contributed by atoms with Crippen LogP contribution in [-0.4, -0.2) is 17.1 Å². The summed E-state index contributed by atoms with van der Waals surface area (Å²) < 4.78 is 6.02. The van der Waals surface area contributed by atoms with Crippen LogP contribution in [0, 0.1) is 0 Å². The number of methoxy groups -OCH3 is 1. The second kappa shape index (κ2) is 5.68. The molecule has 0 radical (unpaired) electrons. The Labute approximate surface area is 112 Å². The topological polar surface area (TPSA) is 67.0 Å². The van der Waals surface area contributed by atoms with Gasteiger partial charge >= 0.3 is 0 Å². The summed E-state index contributed by atoms with van der Waals surface area (Å²) in [5, 5.41) is 3.08. The Hall–Kier alpha value is -1.82. The van der Waals surface area contributed by atoms with Gasteiger partial charge in [0.25, 0.3) is 5.56 Å². The summed E-state index contributed by atoms with van der Waals surface area (Å²) in [6.07, 6.45) is 1.34. The van der Waals surface area contributed by atoms with Gasteiger partial charge in [-0.2, -0.15) is 0 Å². The van der Waals surface area contributed by atoms with E-state index in [1.807, 2.05) is 24.3 Å². The lowest BCUT2D eigenvalue weighted by Crippen LogP contribution is -2.14. The highest BCUT2D eigenvalue weighted by molar-refractivity contribution is 9.10. The zero-order chi connectivity index (χ0) is 13.0. The zero-order valence-corrected chi connectivity index (χ0v) is 11.3. The largest absolute Gasteiger partial charge is 0.489 e. The third kappa shape index (κ3) is 2.70. The Bertz CT molecular complexity index is 598. The van der Waals surface area contributed by atoms with Gasteiger partial charge < -0.3 is 15.0 Å². The first-order chi connectivity index (χ1) is 8.72. The van der Waals surface area contributed by atoms with Crippen LogP contribution in [0.2, 0.25) is 0 Å². The molecule has 2 aromatic rings. The molecule has 0 unspecified atom stereocenters. The van der Waals surface area contributed by atoms with Gasteiger partial charge in [-0.15, -0.1) is 0 Å². The van der Waals surface area contributed by atoms with Crippen LogP contribution in [0.1, 0.15) is 5.56 Å². The van der Waals surface area contributed by atoms with Crippen molar-refractivity contribution in [2.45, 2.75) is 6.54 Å². The van der Waals surface area contributed by atoms with Gasteiger partial charge in [0.15, 0.2) is 5.82 Å². The number of nitrogens with one attached hydrogen (secondary N) is 2. The van der Waals surface area contributed by atoms with Crippen molar-refractivity contribution in [3.8, 4) is 5.75 Å². The molecule has 1 heterocycles. The highest BCUT2D eigenvalue weighted by Crippen LogP contribution is 2.19. The molecule has 0 saturated heterocycles. The van der Waals surface area contributed by atoms with E-state index in [-0.39, 0.29) is 11.3 Å². The number of hydrogen-bond donors (Lipinski definition) is 2. The predicted molar refractivity (Wildman–Crippen MR) is 72.9 cm³/mol. The molecule has 1 aromatic heterocycles.